The highest BCUT2D eigenvalue weighted by Crippen LogP contribution is 2.31. The minimum Gasteiger partial charge on any atom is -0.497 e. The van der Waals surface area contributed by atoms with Crippen LogP contribution in [0.2, 0.25) is 5.02 Å². The van der Waals surface area contributed by atoms with Crippen LogP contribution in [0.4, 0.5) is 0 Å². The molecule has 0 amide bonds. The number of hydrogen-bond donors (Lipinski definition) is 1. The molecule has 1 aromatic heterocycles. The van der Waals surface area contributed by atoms with Gasteiger partial charge in [-0.25, -0.2) is 8.42 Å². The van der Waals surface area contributed by atoms with E-state index in [9.17, 15) is 13.2 Å². The predicted octanol–water partition coefficient (Wildman–Crippen LogP) is 2.82. The van der Waals surface area contributed by atoms with Gasteiger partial charge in [-0.15, -0.1) is 0 Å². The fourth-order valence-corrected chi connectivity index (χ4v) is 3.94. The van der Waals surface area contributed by atoms with E-state index in [1.807, 2.05) is 0 Å². The molecule has 0 aliphatic carbocycles. The summed E-state index contributed by atoms with van der Waals surface area (Å²) in [6, 6.07) is 9.45. The third-order valence-corrected chi connectivity index (χ3v) is 6.07. The van der Waals surface area contributed by atoms with Crippen molar-refractivity contribution in [2.24, 2.45) is 0 Å². The van der Waals surface area contributed by atoms with E-state index in [2.05, 4.69) is 14.9 Å². The van der Waals surface area contributed by atoms with E-state index in [0.29, 0.717) is 22.1 Å². The minimum atomic E-state index is -3.93. The third kappa shape index (κ3) is 5.55. The Balaban J connectivity index is 1.62. The Kier molecular flexibility index (Phi) is 7.33. The summed E-state index contributed by atoms with van der Waals surface area (Å²) >= 11 is 5.77. The zero-order valence-electron chi connectivity index (χ0n) is 17.4. The molecule has 10 nitrogen and oxygen atoms in total. The molecule has 0 bridgehead atoms. The summed E-state index contributed by atoms with van der Waals surface area (Å²) in [5, 5.41) is 4.25. The van der Waals surface area contributed by atoms with Gasteiger partial charge < -0.3 is 18.7 Å². The molecule has 0 aliphatic heterocycles. The fraction of sp³-hybridized carbons (Fsp3) is 0.250. The van der Waals surface area contributed by atoms with Gasteiger partial charge in [-0.3, -0.25) is 4.79 Å². The van der Waals surface area contributed by atoms with Crippen molar-refractivity contribution in [3.05, 3.63) is 53.4 Å². The number of methoxy groups -OCH3 is 2. The quantitative estimate of drug-likeness (QED) is 0.458. The number of ether oxygens (including phenoxy) is 3. The average molecular weight is 482 g/mol. The summed E-state index contributed by atoms with van der Waals surface area (Å²) in [5.74, 6) is 0.507. The van der Waals surface area contributed by atoms with Gasteiger partial charge in [0.05, 0.1) is 24.7 Å². The summed E-state index contributed by atoms with van der Waals surface area (Å²) in [6.45, 7) is 1.02. The Morgan fingerprint density at radius 1 is 1.16 bits per heavy atom. The van der Waals surface area contributed by atoms with Gasteiger partial charge in [0.15, 0.2) is 6.61 Å². The molecule has 2 aromatic carbocycles. The van der Waals surface area contributed by atoms with Crippen LogP contribution in [0.1, 0.15) is 12.8 Å². The maximum Gasteiger partial charge on any atom is 0.324 e. The SMILES string of the molecule is COc1ccc(-c2noc(COC(=O)C(C)NS(=O)(=O)c3ccc(Cl)cc3)n2)c(OC)c1. The Hall–Kier alpha value is -3.15. The first-order chi connectivity index (χ1) is 15.2. The molecule has 32 heavy (non-hydrogen) atoms. The van der Waals surface area contributed by atoms with Gasteiger partial charge in [-0.1, -0.05) is 16.8 Å². The minimum absolute atomic E-state index is 0.0268. The van der Waals surface area contributed by atoms with Gasteiger partial charge in [0, 0.05) is 11.1 Å². The predicted molar refractivity (Wildman–Crippen MR) is 114 cm³/mol. The number of hydrogen-bond acceptors (Lipinski definition) is 9. The second kappa shape index (κ2) is 9.98. The smallest absolute Gasteiger partial charge is 0.324 e. The standard InChI is InChI=1S/C20H20ClN3O7S/c1-12(24-32(26,27)15-7-4-13(21)5-8-15)20(25)30-11-18-22-19(23-31-18)16-9-6-14(28-2)10-17(16)29-3/h4-10,12,24H,11H2,1-3H3. The van der Waals surface area contributed by atoms with Crippen LogP contribution in [0.3, 0.4) is 0 Å². The summed E-state index contributed by atoms with van der Waals surface area (Å²) in [7, 11) is -0.908. The largest absolute Gasteiger partial charge is 0.497 e. The molecule has 0 radical (unpaired) electrons. The number of halogens is 1. The van der Waals surface area contributed by atoms with Gasteiger partial charge in [0.2, 0.25) is 15.8 Å². The van der Waals surface area contributed by atoms with Gasteiger partial charge in [0.1, 0.15) is 17.5 Å². The van der Waals surface area contributed by atoms with Gasteiger partial charge in [-0.2, -0.15) is 9.71 Å². The second-order valence-corrected chi connectivity index (χ2v) is 8.63. The van der Waals surface area contributed by atoms with Crippen molar-refractivity contribution in [1.29, 1.82) is 0 Å². The number of nitrogens with zero attached hydrogens (tertiary/aromatic N) is 2. The molecule has 0 spiro atoms. The normalized spacial score (nSPS) is 12.2. The second-order valence-electron chi connectivity index (χ2n) is 6.48. The highest BCUT2D eigenvalue weighted by molar-refractivity contribution is 7.89. The first-order valence-electron chi connectivity index (χ1n) is 9.23. The van der Waals surface area contributed by atoms with Crippen molar-refractivity contribution in [2.75, 3.05) is 14.2 Å². The molecule has 12 heteroatoms. The molecule has 0 fully saturated rings. The summed E-state index contributed by atoms with van der Waals surface area (Å²) < 4.78 is 47.7. The van der Waals surface area contributed by atoms with E-state index >= 15 is 0 Å². The van der Waals surface area contributed by atoms with Crippen LogP contribution in [0, 0.1) is 0 Å². The Morgan fingerprint density at radius 2 is 1.88 bits per heavy atom. The lowest BCUT2D eigenvalue weighted by atomic mass is 10.2. The zero-order chi connectivity index (χ0) is 23.3. The van der Waals surface area contributed by atoms with Gasteiger partial charge in [-0.05, 0) is 43.3 Å². The van der Waals surface area contributed by atoms with Crippen LogP contribution in [-0.2, 0) is 26.2 Å². The van der Waals surface area contributed by atoms with E-state index < -0.39 is 22.0 Å². The van der Waals surface area contributed by atoms with Crippen molar-refractivity contribution < 1.29 is 31.9 Å². The molecular weight excluding hydrogens is 462 g/mol. The van der Waals surface area contributed by atoms with Crippen LogP contribution in [-0.4, -0.2) is 44.8 Å². The van der Waals surface area contributed by atoms with Gasteiger partial charge in [0.25, 0.3) is 5.89 Å². The fourth-order valence-electron chi connectivity index (χ4n) is 2.63. The van der Waals surface area contributed by atoms with Crippen molar-refractivity contribution in [3.8, 4) is 22.9 Å². The monoisotopic (exact) mass is 481 g/mol. The topological polar surface area (TPSA) is 130 Å². The molecule has 0 saturated heterocycles. The molecule has 170 valence electrons. The van der Waals surface area contributed by atoms with Crippen molar-refractivity contribution in [1.82, 2.24) is 14.9 Å². The van der Waals surface area contributed by atoms with E-state index in [0.717, 1.165) is 0 Å². The number of aromatic nitrogens is 2. The number of rotatable bonds is 9. The first kappa shape index (κ1) is 23.5. The number of carbonyl (C=O) groups is 1. The number of sulfonamides is 1. The molecule has 0 aliphatic rings. The van der Waals surface area contributed by atoms with Crippen LogP contribution in [0.15, 0.2) is 51.9 Å². The molecule has 3 rings (SSSR count). The Morgan fingerprint density at radius 3 is 2.53 bits per heavy atom. The Bertz CT molecular complexity index is 1200. The van der Waals surface area contributed by atoms with E-state index in [4.69, 9.17) is 30.3 Å². The number of carbonyl (C=O) groups excluding carboxylic acids is 1. The molecular formula is C20H20ClN3O7S. The zero-order valence-corrected chi connectivity index (χ0v) is 18.9. The summed E-state index contributed by atoms with van der Waals surface area (Å²) in [5.41, 5.74) is 0.554. The molecule has 3 aromatic rings. The maximum atomic E-state index is 12.4. The highest BCUT2D eigenvalue weighted by Gasteiger charge is 2.24. The van der Waals surface area contributed by atoms with E-state index in [1.165, 1.54) is 45.4 Å². The lowest BCUT2D eigenvalue weighted by Gasteiger charge is -2.13. The van der Waals surface area contributed by atoms with Crippen molar-refractivity contribution in [2.45, 2.75) is 24.5 Å². The van der Waals surface area contributed by atoms with Crippen molar-refractivity contribution in [3.63, 3.8) is 0 Å². The lowest BCUT2D eigenvalue weighted by molar-refractivity contribution is -0.147. The van der Waals surface area contributed by atoms with E-state index in [-0.39, 0.29) is 23.2 Å². The number of nitrogens with one attached hydrogen (secondary N) is 1. The molecule has 1 heterocycles. The van der Waals surface area contributed by atoms with Crippen LogP contribution < -0.4 is 14.2 Å². The summed E-state index contributed by atoms with van der Waals surface area (Å²) in [4.78, 5) is 16.4. The average Bonchev–Trinajstić information content (AvgIpc) is 3.25. The Labute approximate surface area is 189 Å². The van der Waals surface area contributed by atoms with Crippen LogP contribution >= 0.6 is 11.6 Å². The maximum absolute atomic E-state index is 12.4. The molecule has 1 unspecified atom stereocenters. The van der Waals surface area contributed by atoms with Crippen LogP contribution in [0.5, 0.6) is 11.5 Å². The van der Waals surface area contributed by atoms with Gasteiger partial charge >= 0.3 is 5.97 Å². The third-order valence-electron chi connectivity index (χ3n) is 4.27. The summed E-state index contributed by atoms with van der Waals surface area (Å²) in [6.07, 6.45) is 0. The highest BCUT2D eigenvalue weighted by atomic mass is 35.5. The number of benzene rings is 2. The molecule has 0 saturated carbocycles. The lowest BCUT2D eigenvalue weighted by Crippen LogP contribution is -2.39. The van der Waals surface area contributed by atoms with E-state index in [1.54, 1.807) is 18.2 Å². The molecule has 1 atom stereocenters. The number of esters is 1. The molecule has 1 N–H and O–H groups in total. The van der Waals surface area contributed by atoms with Crippen LogP contribution in [0.25, 0.3) is 11.4 Å². The van der Waals surface area contributed by atoms with Crippen molar-refractivity contribution >= 4 is 27.6 Å². The first-order valence-corrected chi connectivity index (χ1v) is 11.1.